The predicted octanol–water partition coefficient (Wildman–Crippen LogP) is -0.483. The number of urea groups is 1. The Bertz CT molecular complexity index is 854. The fraction of sp³-hybridized carbons (Fsp3) is 0.167. The number of anilines is 1. The predicted molar refractivity (Wildman–Crippen MR) is 81.7 cm³/mol. The van der Waals surface area contributed by atoms with Crippen LogP contribution in [0.1, 0.15) is 5.69 Å². The third-order valence-electron chi connectivity index (χ3n) is 2.80. The van der Waals surface area contributed by atoms with Crippen molar-refractivity contribution in [1.82, 2.24) is 4.98 Å². The summed E-state index contributed by atoms with van der Waals surface area (Å²) in [6, 6.07) is 2.59. The van der Waals surface area contributed by atoms with E-state index in [0.717, 1.165) is 23.7 Å². The molecule has 2 aromatic rings. The van der Waals surface area contributed by atoms with Crippen LogP contribution in [-0.2, 0) is 9.84 Å². The molecule has 0 aliphatic carbocycles. The first kappa shape index (κ1) is 20.8. The van der Waals surface area contributed by atoms with Crippen molar-refractivity contribution in [2.24, 2.45) is 5.84 Å². The van der Waals surface area contributed by atoms with Gasteiger partial charge in [0.2, 0.25) is 0 Å². The van der Waals surface area contributed by atoms with Gasteiger partial charge in [0.15, 0.2) is 15.9 Å². The van der Waals surface area contributed by atoms with E-state index in [1.807, 2.05) is 0 Å². The zero-order valence-electron chi connectivity index (χ0n) is 12.6. The first-order valence-corrected chi connectivity index (χ1v) is 8.60. The summed E-state index contributed by atoms with van der Waals surface area (Å²) in [5.41, 5.74) is 7.84. The summed E-state index contributed by atoms with van der Waals surface area (Å²) in [5.74, 6) is 4.53. The Labute approximate surface area is 185 Å². The molecule has 0 radical (unpaired) electrons. The van der Waals surface area contributed by atoms with Crippen molar-refractivity contribution < 1.29 is 75.8 Å². The third kappa shape index (κ3) is 4.65. The second-order valence-corrected chi connectivity index (χ2v) is 7.47. The number of benzene rings is 1. The van der Waals surface area contributed by atoms with E-state index in [0.29, 0.717) is 21.1 Å². The molecule has 1 aromatic heterocycles. The normalized spacial score (nSPS) is 11.0. The molecule has 1 heterocycles. The number of nitrogens with two attached hydrogens (primary N) is 1. The van der Waals surface area contributed by atoms with Crippen molar-refractivity contribution in [3.05, 3.63) is 35.4 Å². The van der Waals surface area contributed by atoms with Crippen LogP contribution in [0.15, 0.2) is 23.1 Å². The molecule has 0 bridgehead atoms. The van der Waals surface area contributed by atoms with Gasteiger partial charge in [0.05, 0.1) is 10.6 Å². The van der Waals surface area contributed by atoms with Gasteiger partial charge in [-0.25, -0.2) is 17.8 Å². The number of carbonyl (C=O) groups excluding carboxylic acids is 1. The van der Waals surface area contributed by atoms with Crippen LogP contribution >= 0.6 is 11.3 Å². The van der Waals surface area contributed by atoms with Crippen LogP contribution in [0.3, 0.4) is 0 Å². The van der Waals surface area contributed by atoms with E-state index in [2.05, 4.69) is 4.98 Å². The van der Waals surface area contributed by atoms with Crippen LogP contribution in [0.2, 0.25) is 0 Å². The number of nitrogens with one attached hydrogen (secondary N) is 1. The Morgan fingerprint density at radius 3 is 2.52 bits per heavy atom. The van der Waals surface area contributed by atoms with Gasteiger partial charge < -0.3 is 16.6 Å². The zero-order valence-corrected chi connectivity index (χ0v) is 19.2. The Morgan fingerprint density at radius 1 is 1.43 bits per heavy atom. The molecule has 23 heavy (non-hydrogen) atoms. The van der Waals surface area contributed by atoms with Gasteiger partial charge in [0.25, 0.3) is 0 Å². The van der Waals surface area contributed by atoms with Crippen molar-refractivity contribution in [2.75, 3.05) is 11.3 Å². The molecule has 118 valence electrons. The van der Waals surface area contributed by atoms with E-state index in [1.165, 1.54) is 12.1 Å². The average Bonchev–Trinajstić information content (AvgIpc) is 2.78. The number of amides is 2. The number of thiazole rings is 1. The Morgan fingerprint density at radius 2 is 2.04 bits per heavy atom. The fourth-order valence-corrected chi connectivity index (χ4v) is 3.50. The van der Waals surface area contributed by atoms with Gasteiger partial charge in [-0.05, 0) is 24.6 Å². The molecule has 0 spiro atoms. The van der Waals surface area contributed by atoms with Crippen LogP contribution in [0, 0.1) is 12.7 Å². The number of hydrogen-bond donors (Lipinski definition) is 1. The van der Waals surface area contributed by atoms with Gasteiger partial charge in [0, 0.05) is 6.26 Å². The SMILES string of the molecule is Cc1nc(N(N)C([NH-])=O)sc1-c1ccc(S(C)(=O)=O)c(F)c1.[Rb+]. The Hall–Kier alpha value is -0.235. The summed E-state index contributed by atoms with van der Waals surface area (Å²) in [6.07, 6.45) is 0.924. The van der Waals surface area contributed by atoms with Gasteiger partial charge in [-0.1, -0.05) is 6.07 Å². The number of hydrazine groups is 1. The summed E-state index contributed by atoms with van der Waals surface area (Å²) < 4.78 is 36.8. The third-order valence-corrected chi connectivity index (χ3v) is 5.14. The molecule has 0 atom stereocenters. The number of nitrogens with zero attached hydrogens (tertiary/aromatic N) is 2. The van der Waals surface area contributed by atoms with Crippen LogP contribution in [0.25, 0.3) is 16.2 Å². The number of aryl methyl sites for hydroxylation is 1. The molecule has 0 saturated carbocycles. The zero-order chi connectivity index (χ0) is 16.7. The fourth-order valence-electron chi connectivity index (χ4n) is 1.78. The van der Waals surface area contributed by atoms with Crippen molar-refractivity contribution >= 4 is 32.3 Å². The second kappa shape index (κ2) is 7.77. The molecule has 0 fully saturated rings. The molecule has 2 rings (SSSR count). The van der Waals surface area contributed by atoms with Gasteiger partial charge in [-0.15, -0.1) is 11.3 Å². The first-order chi connectivity index (χ1) is 10.1. The van der Waals surface area contributed by atoms with Gasteiger partial charge in [-0.2, -0.15) is 0 Å². The van der Waals surface area contributed by atoms with E-state index in [-0.39, 0.29) is 68.2 Å². The minimum Gasteiger partial charge on any atom is -0.446 e. The maximum Gasteiger partial charge on any atom is 1.00 e. The maximum atomic E-state index is 13.9. The van der Waals surface area contributed by atoms with E-state index < -0.39 is 21.7 Å². The number of sulfone groups is 1. The summed E-state index contributed by atoms with van der Waals surface area (Å²) in [4.78, 5) is 15.1. The molecule has 0 aliphatic rings. The van der Waals surface area contributed by atoms with Crippen LogP contribution in [-0.4, -0.2) is 25.7 Å². The van der Waals surface area contributed by atoms with Crippen molar-refractivity contribution in [2.45, 2.75) is 11.8 Å². The van der Waals surface area contributed by atoms with Crippen LogP contribution < -0.4 is 69.0 Å². The summed E-state index contributed by atoms with van der Waals surface area (Å²) in [6.45, 7) is 1.64. The second-order valence-electron chi connectivity index (χ2n) is 4.50. The molecule has 0 unspecified atom stereocenters. The molecular weight excluding hydrogens is 417 g/mol. The van der Waals surface area contributed by atoms with Crippen molar-refractivity contribution in [3.8, 4) is 10.4 Å². The smallest absolute Gasteiger partial charge is 0.446 e. The molecule has 7 nitrogen and oxygen atoms in total. The molecule has 2 amide bonds. The maximum absolute atomic E-state index is 13.9. The minimum absolute atomic E-state index is 0. The summed E-state index contributed by atoms with van der Waals surface area (Å²) in [5, 5.41) is 0.669. The molecule has 1 aromatic carbocycles. The van der Waals surface area contributed by atoms with Gasteiger partial charge >= 0.3 is 58.2 Å². The van der Waals surface area contributed by atoms with Gasteiger partial charge in [-0.3, -0.25) is 4.79 Å². The first-order valence-electron chi connectivity index (χ1n) is 5.89. The number of rotatable bonds is 3. The largest absolute Gasteiger partial charge is 1.00 e. The standard InChI is InChI=1S/C12H13FN4O3S2.Rb/c1-6-10(21-12(16-6)17(15)11(14)18)7-3-4-9(8(13)5-7)22(2,19)20;/h3-5H,15H2,1-2H3,(H2,14,18);/q;+1/p-1. The van der Waals surface area contributed by atoms with Crippen LogP contribution in [0.4, 0.5) is 14.3 Å². The molecule has 0 aliphatic heterocycles. The summed E-state index contributed by atoms with van der Waals surface area (Å²) >= 11 is 1.00. The Balaban J connectivity index is 0.00000264. The van der Waals surface area contributed by atoms with Crippen LogP contribution in [0.5, 0.6) is 0 Å². The molecular formula is C12H12FN4O3RbS2. The van der Waals surface area contributed by atoms with Crippen molar-refractivity contribution in [1.29, 1.82) is 0 Å². The average molecular weight is 429 g/mol. The molecule has 0 saturated heterocycles. The molecule has 11 heteroatoms. The minimum atomic E-state index is -3.65. The van der Waals surface area contributed by atoms with Gasteiger partial charge in [0.1, 0.15) is 15.8 Å². The quantitative estimate of drug-likeness (QED) is 0.402. The number of hydrogen-bond acceptors (Lipinski definition) is 6. The van der Waals surface area contributed by atoms with E-state index in [9.17, 15) is 17.6 Å². The summed E-state index contributed by atoms with van der Waals surface area (Å²) in [7, 11) is -3.65. The van der Waals surface area contributed by atoms with E-state index in [4.69, 9.17) is 11.6 Å². The number of carbonyl (C=O) groups is 1. The number of aromatic nitrogens is 1. The number of halogens is 1. The topological polar surface area (TPSA) is 117 Å². The van der Waals surface area contributed by atoms with E-state index >= 15 is 0 Å². The Kier molecular flexibility index (Phi) is 7.03. The molecule has 3 N–H and O–H groups in total. The monoisotopic (exact) mass is 428 g/mol. The van der Waals surface area contributed by atoms with E-state index in [1.54, 1.807) is 6.92 Å². The van der Waals surface area contributed by atoms with Crippen molar-refractivity contribution in [3.63, 3.8) is 0 Å².